The molecular weight excluding hydrogens is 319 g/mol. The Kier molecular flexibility index (Phi) is 3.92. The highest BCUT2D eigenvalue weighted by atomic mass is 19.1. The van der Waals surface area contributed by atoms with E-state index in [0.29, 0.717) is 28.9 Å². The van der Waals surface area contributed by atoms with Gasteiger partial charge in [-0.15, -0.1) is 0 Å². The predicted octanol–water partition coefficient (Wildman–Crippen LogP) is 3.97. The number of carbonyl (C=O) groups excluding carboxylic acids is 1. The van der Waals surface area contributed by atoms with Crippen LogP contribution in [0.2, 0.25) is 0 Å². The summed E-state index contributed by atoms with van der Waals surface area (Å²) < 4.78 is 18.6. The van der Waals surface area contributed by atoms with Crippen LogP contribution in [0.1, 0.15) is 18.5 Å². The van der Waals surface area contributed by atoms with Gasteiger partial charge in [0.25, 0.3) is 0 Å². The van der Waals surface area contributed by atoms with Crippen molar-refractivity contribution in [1.82, 2.24) is 9.97 Å². The molecule has 5 heteroatoms. The van der Waals surface area contributed by atoms with E-state index in [1.165, 1.54) is 12.1 Å². The third-order valence-electron chi connectivity index (χ3n) is 4.48. The van der Waals surface area contributed by atoms with Crippen molar-refractivity contribution in [3.05, 3.63) is 54.1 Å². The van der Waals surface area contributed by atoms with E-state index in [9.17, 15) is 9.18 Å². The molecule has 4 nitrogen and oxygen atoms in total. The van der Waals surface area contributed by atoms with Crippen LogP contribution in [0, 0.1) is 11.7 Å². The zero-order valence-corrected chi connectivity index (χ0v) is 13.8. The SMILES string of the molecule is COc1ccc(-c2ccc(F)cc2)c2ncc(CC(=O)C3CC3)nc12. The molecule has 25 heavy (non-hydrogen) atoms. The van der Waals surface area contributed by atoms with E-state index < -0.39 is 0 Å². The number of hydrogen-bond acceptors (Lipinski definition) is 4. The minimum Gasteiger partial charge on any atom is -0.494 e. The molecule has 0 radical (unpaired) electrons. The Bertz CT molecular complexity index is 950. The van der Waals surface area contributed by atoms with Crippen molar-refractivity contribution < 1.29 is 13.9 Å². The van der Waals surface area contributed by atoms with E-state index in [-0.39, 0.29) is 17.5 Å². The Morgan fingerprint density at radius 2 is 1.92 bits per heavy atom. The van der Waals surface area contributed by atoms with Gasteiger partial charge in [0.1, 0.15) is 28.4 Å². The maximum absolute atomic E-state index is 13.2. The van der Waals surface area contributed by atoms with E-state index >= 15 is 0 Å². The second kappa shape index (κ2) is 6.24. The number of carbonyl (C=O) groups is 1. The summed E-state index contributed by atoms with van der Waals surface area (Å²) in [6.07, 6.45) is 3.92. The summed E-state index contributed by atoms with van der Waals surface area (Å²) in [4.78, 5) is 21.2. The van der Waals surface area contributed by atoms with Gasteiger partial charge in [0, 0.05) is 17.7 Å². The van der Waals surface area contributed by atoms with Crippen molar-refractivity contribution in [2.75, 3.05) is 7.11 Å². The summed E-state index contributed by atoms with van der Waals surface area (Å²) in [5, 5.41) is 0. The molecule has 1 heterocycles. The molecule has 0 bridgehead atoms. The summed E-state index contributed by atoms with van der Waals surface area (Å²) in [6, 6.07) is 9.97. The van der Waals surface area contributed by atoms with E-state index in [4.69, 9.17) is 4.74 Å². The number of aromatic nitrogens is 2. The van der Waals surface area contributed by atoms with E-state index in [2.05, 4.69) is 9.97 Å². The van der Waals surface area contributed by atoms with Crippen LogP contribution in [-0.2, 0) is 11.2 Å². The average molecular weight is 336 g/mol. The molecule has 1 saturated carbocycles. The number of benzene rings is 2. The van der Waals surface area contributed by atoms with Crippen LogP contribution in [0.4, 0.5) is 4.39 Å². The van der Waals surface area contributed by atoms with Crippen molar-refractivity contribution >= 4 is 16.8 Å². The molecule has 0 atom stereocenters. The summed E-state index contributed by atoms with van der Waals surface area (Å²) in [7, 11) is 1.58. The molecule has 0 aliphatic heterocycles. The zero-order valence-electron chi connectivity index (χ0n) is 13.8. The molecule has 126 valence electrons. The standard InChI is InChI=1S/C20H17FN2O2/c1-25-18-9-8-16(12-4-6-14(21)7-5-12)19-20(18)23-15(11-22-19)10-17(24)13-2-3-13/h4-9,11,13H,2-3,10H2,1H3. The average Bonchev–Trinajstić information content (AvgIpc) is 3.47. The highest BCUT2D eigenvalue weighted by molar-refractivity contribution is 5.95. The molecule has 1 aliphatic rings. The number of nitrogens with zero attached hydrogens (tertiary/aromatic N) is 2. The molecule has 0 saturated heterocycles. The maximum atomic E-state index is 13.2. The molecular formula is C20H17FN2O2. The van der Waals surface area contributed by atoms with Gasteiger partial charge in [-0.1, -0.05) is 12.1 Å². The number of ether oxygens (including phenoxy) is 1. The van der Waals surface area contributed by atoms with Crippen LogP contribution in [0.25, 0.3) is 22.2 Å². The predicted molar refractivity (Wildman–Crippen MR) is 92.9 cm³/mol. The lowest BCUT2D eigenvalue weighted by Crippen LogP contribution is -2.07. The van der Waals surface area contributed by atoms with Gasteiger partial charge in [-0.05, 0) is 42.7 Å². The molecule has 2 aromatic carbocycles. The number of methoxy groups -OCH3 is 1. The van der Waals surface area contributed by atoms with Gasteiger partial charge < -0.3 is 4.74 Å². The van der Waals surface area contributed by atoms with Crippen LogP contribution in [0.3, 0.4) is 0 Å². The van der Waals surface area contributed by atoms with E-state index in [1.807, 2.05) is 12.1 Å². The zero-order chi connectivity index (χ0) is 17.4. The second-order valence-electron chi connectivity index (χ2n) is 6.30. The summed E-state index contributed by atoms with van der Waals surface area (Å²) in [6.45, 7) is 0. The quantitative estimate of drug-likeness (QED) is 0.707. The molecule has 1 aliphatic carbocycles. The molecule has 0 N–H and O–H groups in total. The van der Waals surface area contributed by atoms with Crippen LogP contribution in [-0.4, -0.2) is 22.9 Å². The topological polar surface area (TPSA) is 52.1 Å². The summed E-state index contributed by atoms with van der Waals surface area (Å²) in [5.74, 6) is 0.745. The molecule has 3 aromatic rings. The molecule has 0 unspecified atom stereocenters. The van der Waals surface area contributed by atoms with Crippen molar-refractivity contribution in [3.63, 3.8) is 0 Å². The maximum Gasteiger partial charge on any atom is 0.146 e. The lowest BCUT2D eigenvalue weighted by atomic mass is 10.0. The fourth-order valence-electron chi connectivity index (χ4n) is 2.95. The number of rotatable bonds is 5. The van der Waals surface area contributed by atoms with Crippen LogP contribution >= 0.6 is 0 Å². The Balaban J connectivity index is 1.80. The fraction of sp³-hybridized carbons (Fsp3) is 0.250. The number of Topliss-reactive ketones (excluding diaryl/α,β-unsaturated/α-hetero) is 1. The Morgan fingerprint density at radius 1 is 1.16 bits per heavy atom. The largest absolute Gasteiger partial charge is 0.494 e. The van der Waals surface area contributed by atoms with E-state index in [0.717, 1.165) is 24.0 Å². The van der Waals surface area contributed by atoms with Crippen LogP contribution < -0.4 is 4.74 Å². The van der Waals surface area contributed by atoms with Crippen molar-refractivity contribution in [3.8, 4) is 16.9 Å². The highest BCUT2D eigenvalue weighted by Crippen LogP contribution is 2.33. The Hall–Kier alpha value is -2.82. The van der Waals surface area contributed by atoms with E-state index in [1.54, 1.807) is 25.4 Å². The van der Waals surface area contributed by atoms with Crippen molar-refractivity contribution in [2.45, 2.75) is 19.3 Å². The molecule has 0 amide bonds. The Morgan fingerprint density at radius 3 is 2.60 bits per heavy atom. The third kappa shape index (κ3) is 3.09. The fourth-order valence-corrected chi connectivity index (χ4v) is 2.95. The smallest absolute Gasteiger partial charge is 0.146 e. The summed E-state index contributed by atoms with van der Waals surface area (Å²) in [5.41, 5.74) is 3.64. The number of hydrogen-bond donors (Lipinski definition) is 0. The lowest BCUT2D eigenvalue weighted by molar-refractivity contribution is -0.119. The van der Waals surface area contributed by atoms with Gasteiger partial charge >= 0.3 is 0 Å². The van der Waals surface area contributed by atoms with Gasteiger partial charge in [-0.2, -0.15) is 0 Å². The minimum absolute atomic E-state index is 0.199. The normalized spacial score (nSPS) is 13.8. The monoisotopic (exact) mass is 336 g/mol. The van der Waals surface area contributed by atoms with Gasteiger partial charge in [-0.3, -0.25) is 9.78 Å². The number of fused-ring (bicyclic) bond motifs is 1. The van der Waals surface area contributed by atoms with Crippen LogP contribution in [0.15, 0.2) is 42.6 Å². The second-order valence-corrected chi connectivity index (χ2v) is 6.30. The number of ketones is 1. The number of halogens is 1. The summed E-state index contributed by atoms with van der Waals surface area (Å²) >= 11 is 0. The first-order chi connectivity index (χ1) is 12.2. The molecule has 1 aromatic heterocycles. The van der Waals surface area contributed by atoms with Gasteiger partial charge in [0.2, 0.25) is 0 Å². The Labute approximate surface area is 144 Å². The van der Waals surface area contributed by atoms with Crippen molar-refractivity contribution in [1.29, 1.82) is 0 Å². The lowest BCUT2D eigenvalue weighted by Gasteiger charge is -2.10. The van der Waals surface area contributed by atoms with Gasteiger partial charge in [0.15, 0.2) is 0 Å². The third-order valence-corrected chi connectivity index (χ3v) is 4.48. The highest BCUT2D eigenvalue weighted by Gasteiger charge is 2.29. The first kappa shape index (κ1) is 15.7. The molecule has 4 rings (SSSR count). The molecule has 1 fully saturated rings. The first-order valence-corrected chi connectivity index (χ1v) is 8.27. The van der Waals surface area contributed by atoms with Gasteiger partial charge in [0.05, 0.1) is 19.2 Å². The minimum atomic E-state index is -0.284. The molecule has 0 spiro atoms. The first-order valence-electron chi connectivity index (χ1n) is 8.27. The van der Waals surface area contributed by atoms with Crippen molar-refractivity contribution in [2.24, 2.45) is 5.92 Å². The van der Waals surface area contributed by atoms with Gasteiger partial charge in [-0.25, -0.2) is 9.37 Å². The van der Waals surface area contributed by atoms with Crippen LogP contribution in [0.5, 0.6) is 5.75 Å².